The van der Waals surface area contributed by atoms with Gasteiger partial charge in [0.15, 0.2) is 0 Å². The van der Waals surface area contributed by atoms with Crippen LogP contribution in [0.5, 0.6) is 0 Å². The van der Waals surface area contributed by atoms with Gasteiger partial charge in [-0.15, -0.1) is 11.3 Å². The molecule has 2 heterocycles. The van der Waals surface area contributed by atoms with E-state index in [2.05, 4.69) is 5.10 Å². The van der Waals surface area contributed by atoms with Crippen LogP contribution in [0.1, 0.15) is 33.3 Å². The molecule has 9 heteroatoms. The van der Waals surface area contributed by atoms with Gasteiger partial charge in [-0.1, -0.05) is 0 Å². The highest BCUT2D eigenvalue weighted by Gasteiger charge is 2.35. The molecule has 0 aliphatic carbocycles. The van der Waals surface area contributed by atoms with Crippen molar-refractivity contribution < 1.29 is 19.6 Å². The molecule has 4 rings (SSSR count). The smallest absolute Gasteiger partial charge is 0.335 e. The highest BCUT2D eigenvalue weighted by molar-refractivity contribution is 7.15. The van der Waals surface area contributed by atoms with Crippen molar-refractivity contribution in [1.29, 1.82) is 0 Å². The fraction of sp³-hybridized carbons (Fsp3) is 0.208. The van der Waals surface area contributed by atoms with E-state index >= 15 is 0 Å². The van der Waals surface area contributed by atoms with Crippen molar-refractivity contribution in [3.8, 4) is 10.4 Å². The highest BCUT2D eigenvalue weighted by Crippen LogP contribution is 2.38. The summed E-state index contributed by atoms with van der Waals surface area (Å²) in [7, 11) is 0. The van der Waals surface area contributed by atoms with Crippen molar-refractivity contribution in [2.75, 3.05) is 5.01 Å². The molecular formula is C24H21N3O5S. The highest BCUT2D eigenvalue weighted by atomic mass is 32.1. The molecule has 1 N–H and O–H groups in total. The van der Waals surface area contributed by atoms with E-state index in [9.17, 15) is 19.7 Å². The second-order valence-electron chi connectivity index (χ2n) is 7.98. The lowest BCUT2D eigenvalue weighted by atomic mass is 9.99. The van der Waals surface area contributed by atoms with Gasteiger partial charge in [0.05, 0.1) is 27.7 Å². The van der Waals surface area contributed by atoms with Crippen LogP contribution in [0.25, 0.3) is 10.4 Å². The number of carbonyl (C=O) groups is 2. The third kappa shape index (κ3) is 4.27. The molecule has 0 spiro atoms. The number of nitro groups is 1. The van der Waals surface area contributed by atoms with Crippen LogP contribution in [-0.4, -0.2) is 27.6 Å². The van der Waals surface area contributed by atoms with Gasteiger partial charge in [0.2, 0.25) is 0 Å². The molecule has 1 aliphatic rings. The lowest BCUT2D eigenvalue weighted by Gasteiger charge is -2.14. The number of hydrogen-bond acceptors (Lipinski definition) is 6. The first-order chi connectivity index (χ1) is 15.7. The van der Waals surface area contributed by atoms with Crippen LogP contribution in [0.4, 0.5) is 11.4 Å². The van der Waals surface area contributed by atoms with E-state index in [1.165, 1.54) is 28.5 Å². The molecule has 0 radical (unpaired) electrons. The average Bonchev–Trinajstić information content (AvgIpc) is 3.35. The number of aromatic carboxylic acids is 1. The first-order valence-corrected chi connectivity index (χ1v) is 11.0. The van der Waals surface area contributed by atoms with E-state index in [1.807, 2.05) is 32.0 Å². The van der Waals surface area contributed by atoms with E-state index < -0.39 is 11.9 Å². The number of aryl methyl sites for hydroxylation is 2. The second kappa shape index (κ2) is 8.59. The van der Waals surface area contributed by atoms with Crippen molar-refractivity contribution in [2.24, 2.45) is 11.0 Å². The molecule has 1 atom stereocenters. The van der Waals surface area contributed by atoms with Crippen LogP contribution in [0, 0.1) is 29.9 Å². The summed E-state index contributed by atoms with van der Waals surface area (Å²) < 4.78 is 0. The molecular weight excluding hydrogens is 442 g/mol. The number of hydrazone groups is 1. The molecule has 1 unspecified atom stereocenters. The van der Waals surface area contributed by atoms with Gasteiger partial charge < -0.3 is 5.11 Å². The van der Waals surface area contributed by atoms with Gasteiger partial charge in [0.25, 0.3) is 11.6 Å². The minimum absolute atomic E-state index is 0.0668. The lowest BCUT2D eigenvalue weighted by molar-refractivity contribution is -0.384. The maximum absolute atomic E-state index is 13.1. The Labute approximate surface area is 193 Å². The maximum atomic E-state index is 13.1. The fourth-order valence-electron chi connectivity index (χ4n) is 3.75. The monoisotopic (exact) mass is 463 g/mol. The predicted octanol–water partition coefficient (Wildman–Crippen LogP) is 5.22. The molecule has 8 nitrogen and oxygen atoms in total. The van der Waals surface area contributed by atoms with Crippen molar-refractivity contribution >= 4 is 40.3 Å². The second-order valence-corrected chi connectivity index (χ2v) is 9.15. The summed E-state index contributed by atoms with van der Waals surface area (Å²) in [6, 6.07) is 13.2. The standard InChI is InChI=1S/C24H21N3O5S/c1-13-10-20(21(27(31)32)11-14(13)2)22-9-8-18(33-22)12-19-15(3)25-26(23(19)28)17-6-4-16(5-7-17)24(29)30/h4-11,19H,12H2,1-3H3,(H,29,30). The third-order valence-corrected chi connectivity index (χ3v) is 6.91. The lowest BCUT2D eigenvalue weighted by Crippen LogP contribution is -2.28. The summed E-state index contributed by atoms with van der Waals surface area (Å²) in [6.07, 6.45) is 0.432. The zero-order valence-corrected chi connectivity index (χ0v) is 19.0. The Balaban J connectivity index is 1.56. The summed E-state index contributed by atoms with van der Waals surface area (Å²) in [4.78, 5) is 37.0. The minimum atomic E-state index is -1.04. The summed E-state index contributed by atoms with van der Waals surface area (Å²) >= 11 is 1.43. The number of nitro benzene ring substituents is 1. The topological polar surface area (TPSA) is 113 Å². The first-order valence-electron chi connectivity index (χ1n) is 10.2. The molecule has 0 fully saturated rings. The van der Waals surface area contributed by atoms with E-state index in [1.54, 1.807) is 25.1 Å². The molecule has 1 aliphatic heterocycles. The molecule has 1 aromatic heterocycles. The van der Waals surface area contributed by atoms with Crippen LogP contribution < -0.4 is 5.01 Å². The number of nitrogens with zero attached hydrogens (tertiary/aromatic N) is 3. The van der Waals surface area contributed by atoms with Gasteiger partial charge in [-0.2, -0.15) is 5.10 Å². The minimum Gasteiger partial charge on any atom is -0.478 e. The van der Waals surface area contributed by atoms with Crippen LogP contribution in [0.15, 0.2) is 53.6 Å². The number of carboxylic acids is 1. The van der Waals surface area contributed by atoms with Gasteiger partial charge in [-0.25, -0.2) is 9.80 Å². The number of rotatable bonds is 6. The number of anilines is 1. The summed E-state index contributed by atoms with van der Waals surface area (Å²) in [6.45, 7) is 5.56. The molecule has 0 saturated heterocycles. The third-order valence-electron chi connectivity index (χ3n) is 5.77. The van der Waals surface area contributed by atoms with Crippen molar-refractivity contribution in [3.05, 3.63) is 80.2 Å². The molecule has 168 valence electrons. The zero-order chi connectivity index (χ0) is 23.9. The van der Waals surface area contributed by atoms with E-state index in [-0.39, 0.29) is 22.1 Å². The van der Waals surface area contributed by atoms with Crippen molar-refractivity contribution in [3.63, 3.8) is 0 Å². The van der Waals surface area contributed by atoms with Gasteiger partial charge in [0.1, 0.15) is 0 Å². The molecule has 33 heavy (non-hydrogen) atoms. The van der Waals surface area contributed by atoms with Crippen LogP contribution in [0.3, 0.4) is 0 Å². The van der Waals surface area contributed by atoms with Crippen LogP contribution in [0.2, 0.25) is 0 Å². The quantitative estimate of drug-likeness (QED) is 0.398. The molecule has 0 saturated carbocycles. The molecule has 1 amide bonds. The number of thiophene rings is 1. The van der Waals surface area contributed by atoms with Crippen molar-refractivity contribution in [1.82, 2.24) is 0 Å². The Morgan fingerprint density at radius 2 is 1.79 bits per heavy atom. The molecule has 2 aromatic carbocycles. The Hall–Kier alpha value is -3.85. The predicted molar refractivity (Wildman–Crippen MR) is 127 cm³/mol. The largest absolute Gasteiger partial charge is 0.478 e. The van der Waals surface area contributed by atoms with Gasteiger partial charge >= 0.3 is 5.97 Å². The molecule has 3 aromatic rings. The van der Waals surface area contributed by atoms with Crippen LogP contribution >= 0.6 is 11.3 Å². The first kappa shape index (κ1) is 22.3. The van der Waals surface area contributed by atoms with E-state index in [4.69, 9.17) is 5.11 Å². The average molecular weight is 464 g/mol. The molecule has 0 bridgehead atoms. The Kier molecular flexibility index (Phi) is 5.82. The maximum Gasteiger partial charge on any atom is 0.335 e. The van der Waals surface area contributed by atoms with Gasteiger partial charge in [-0.3, -0.25) is 14.9 Å². The summed E-state index contributed by atoms with van der Waals surface area (Å²) in [5.41, 5.74) is 3.78. The Morgan fingerprint density at radius 1 is 1.12 bits per heavy atom. The van der Waals surface area contributed by atoms with Crippen LogP contribution in [-0.2, 0) is 11.2 Å². The van der Waals surface area contributed by atoms with Gasteiger partial charge in [0, 0.05) is 21.5 Å². The SMILES string of the molecule is CC1=NN(c2ccc(C(=O)O)cc2)C(=O)C1Cc1ccc(-c2cc(C)c(C)cc2[N+](=O)[O-])s1. The van der Waals surface area contributed by atoms with Gasteiger partial charge in [-0.05, 0) is 80.8 Å². The number of carbonyl (C=O) groups excluding carboxylic acids is 1. The Bertz CT molecular complexity index is 1310. The Morgan fingerprint density at radius 3 is 2.42 bits per heavy atom. The fourth-order valence-corrected chi connectivity index (χ4v) is 4.83. The number of benzene rings is 2. The number of hydrogen-bond donors (Lipinski definition) is 1. The van der Waals surface area contributed by atoms with E-state index in [0.29, 0.717) is 23.4 Å². The number of carboxylic acid groups (broad SMARTS) is 1. The zero-order valence-electron chi connectivity index (χ0n) is 18.2. The van der Waals surface area contributed by atoms with E-state index in [0.717, 1.165) is 20.9 Å². The normalized spacial score (nSPS) is 15.6. The summed E-state index contributed by atoms with van der Waals surface area (Å²) in [5, 5.41) is 26.3. The summed E-state index contributed by atoms with van der Waals surface area (Å²) in [5.74, 6) is -1.68. The number of amides is 1. The van der Waals surface area contributed by atoms with Crippen molar-refractivity contribution in [2.45, 2.75) is 27.2 Å².